The van der Waals surface area contributed by atoms with Crippen molar-refractivity contribution in [2.75, 3.05) is 6.61 Å². The van der Waals surface area contributed by atoms with E-state index in [2.05, 4.69) is 42.5 Å². The van der Waals surface area contributed by atoms with E-state index in [0.29, 0.717) is 18.6 Å². The maximum absolute atomic E-state index is 10.8. The molecule has 0 aromatic heterocycles. The summed E-state index contributed by atoms with van der Waals surface area (Å²) >= 11 is 0. The molecule has 0 aliphatic rings. The van der Waals surface area contributed by atoms with Gasteiger partial charge in [-0.15, -0.1) is 0 Å². The molecule has 0 atom stereocenters. The van der Waals surface area contributed by atoms with Gasteiger partial charge in [-0.25, -0.2) is 0 Å². The van der Waals surface area contributed by atoms with Crippen LogP contribution < -0.4 is 4.74 Å². The molecule has 27 heavy (non-hydrogen) atoms. The van der Waals surface area contributed by atoms with Crippen molar-refractivity contribution in [2.45, 2.75) is 19.3 Å². The number of unbranched alkanes of at least 4 members (excludes halogenated alkanes) is 2. The standard InChI is InChI=1S/C24H21NO2/c25-16-2-1-3-17-27-24-14-12-23(13-15-24)22-10-8-21(9-11-22)20-6-4-19(18-26)5-7-20/h4-15,18H,1-3,17H2. The van der Waals surface area contributed by atoms with Gasteiger partial charge in [0, 0.05) is 12.0 Å². The molecular weight excluding hydrogens is 334 g/mol. The molecule has 0 saturated carbocycles. The Morgan fingerprint density at radius 2 is 1.22 bits per heavy atom. The van der Waals surface area contributed by atoms with Crippen LogP contribution in [0.1, 0.15) is 29.6 Å². The molecule has 0 amide bonds. The van der Waals surface area contributed by atoms with Crippen LogP contribution in [0.4, 0.5) is 0 Å². The summed E-state index contributed by atoms with van der Waals surface area (Å²) in [4.78, 5) is 10.8. The van der Waals surface area contributed by atoms with Gasteiger partial charge in [0.05, 0.1) is 12.7 Å². The van der Waals surface area contributed by atoms with E-state index in [1.807, 2.05) is 36.4 Å². The van der Waals surface area contributed by atoms with Gasteiger partial charge in [-0.1, -0.05) is 60.7 Å². The number of nitriles is 1. The summed E-state index contributed by atoms with van der Waals surface area (Å²) in [5.41, 5.74) is 5.17. The Morgan fingerprint density at radius 3 is 1.70 bits per heavy atom. The third-order valence-electron chi connectivity index (χ3n) is 4.40. The number of rotatable bonds is 8. The van der Waals surface area contributed by atoms with Crippen LogP contribution in [-0.4, -0.2) is 12.9 Å². The summed E-state index contributed by atoms with van der Waals surface area (Å²) in [6.45, 7) is 0.638. The van der Waals surface area contributed by atoms with Gasteiger partial charge >= 0.3 is 0 Å². The highest BCUT2D eigenvalue weighted by Crippen LogP contribution is 2.26. The second-order valence-corrected chi connectivity index (χ2v) is 6.31. The van der Waals surface area contributed by atoms with E-state index < -0.39 is 0 Å². The summed E-state index contributed by atoms with van der Waals surface area (Å²) < 4.78 is 5.71. The molecule has 0 heterocycles. The molecule has 0 fully saturated rings. The van der Waals surface area contributed by atoms with E-state index in [-0.39, 0.29) is 0 Å². The lowest BCUT2D eigenvalue weighted by atomic mass is 10.00. The van der Waals surface area contributed by atoms with E-state index in [1.54, 1.807) is 0 Å². The number of hydrogen-bond acceptors (Lipinski definition) is 3. The van der Waals surface area contributed by atoms with E-state index in [4.69, 9.17) is 10.00 Å². The number of aldehydes is 1. The minimum Gasteiger partial charge on any atom is -0.494 e. The Hall–Kier alpha value is -3.38. The van der Waals surface area contributed by atoms with Gasteiger partial charge < -0.3 is 4.74 Å². The first-order chi connectivity index (χ1) is 13.3. The lowest BCUT2D eigenvalue weighted by molar-refractivity contribution is 0.112. The number of ether oxygens (including phenoxy) is 1. The second kappa shape index (κ2) is 9.35. The molecule has 0 saturated heterocycles. The van der Waals surface area contributed by atoms with Gasteiger partial charge in [0.15, 0.2) is 0 Å². The van der Waals surface area contributed by atoms with Crippen LogP contribution in [0.25, 0.3) is 22.3 Å². The molecule has 3 aromatic rings. The minimum atomic E-state index is 0.583. The average molecular weight is 355 g/mol. The largest absolute Gasteiger partial charge is 0.494 e. The molecule has 0 N–H and O–H groups in total. The summed E-state index contributed by atoms with van der Waals surface area (Å²) in [6, 6.07) is 26.2. The van der Waals surface area contributed by atoms with E-state index in [9.17, 15) is 4.79 Å². The Morgan fingerprint density at radius 1 is 0.741 bits per heavy atom. The van der Waals surface area contributed by atoms with Gasteiger partial charge in [0.25, 0.3) is 0 Å². The monoisotopic (exact) mass is 355 g/mol. The van der Waals surface area contributed by atoms with Crippen molar-refractivity contribution in [1.82, 2.24) is 0 Å². The van der Waals surface area contributed by atoms with Crippen molar-refractivity contribution < 1.29 is 9.53 Å². The fourth-order valence-electron chi connectivity index (χ4n) is 2.85. The molecule has 3 aromatic carbocycles. The van der Waals surface area contributed by atoms with Gasteiger partial charge in [-0.2, -0.15) is 5.26 Å². The third-order valence-corrected chi connectivity index (χ3v) is 4.40. The molecule has 0 aliphatic heterocycles. The van der Waals surface area contributed by atoms with Crippen molar-refractivity contribution in [1.29, 1.82) is 5.26 Å². The summed E-state index contributed by atoms with van der Waals surface area (Å²) in [7, 11) is 0. The Kier molecular flexibility index (Phi) is 6.38. The number of carbonyl (C=O) groups excluding carboxylic acids is 1. The molecule has 0 bridgehead atoms. The van der Waals surface area contributed by atoms with Gasteiger partial charge in [0.2, 0.25) is 0 Å². The Labute approximate surface area is 159 Å². The average Bonchev–Trinajstić information content (AvgIpc) is 2.74. The fraction of sp³-hybridized carbons (Fsp3) is 0.167. The highest BCUT2D eigenvalue weighted by Gasteiger charge is 2.02. The molecule has 0 spiro atoms. The van der Waals surface area contributed by atoms with Crippen LogP contribution in [0.5, 0.6) is 5.75 Å². The van der Waals surface area contributed by atoms with E-state index in [1.165, 1.54) is 0 Å². The predicted octanol–water partition coefficient (Wildman–Crippen LogP) is 5.91. The van der Waals surface area contributed by atoms with Crippen LogP contribution >= 0.6 is 0 Å². The normalized spacial score (nSPS) is 10.2. The second-order valence-electron chi connectivity index (χ2n) is 6.31. The first kappa shape index (κ1) is 18.4. The van der Waals surface area contributed by atoms with Crippen LogP contribution in [0, 0.1) is 11.3 Å². The van der Waals surface area contributed by atoms with Gasteiger partial charge in [-0.05, 0) is 47.2 Å². The SMILES string of the molecule is N#CCCCCOc1ccc(-c2ccc(-c3ccc(C=O)cc3)cc2)cc1. The van der Waals surface area contributed by atoms with Crippen molar-refractivity contribution in [3.8, 4) is 34.1 Å². The quantitative estimate of drug-likeness (QED) is 0.373. The molecule has 3 heteroatoms. The zero-order valence-electron chi connectivity index (χ0n) is 15.1. The Balaban J connectivity index is 1.62. The molecule has 0 aliphatic carbocycles. The Bertz CT molecular complexity index is 905. The first-order valence-corrected chi connectivity index (χ1v) is 9.06. The zero-order chi connectivity index (χ0) is 18.9. The molecule has 134 valence electrons. The summed E-state index contributed by atoms with van der Waals surface area (Å²) in [5.74, 6) is 0.850. The molecule has 0 radical (unpaired) electrons. The van der Waals surface area contributed by atoms with Crippen molar-refractivity contribution in [3.63, 3.8) is 0 Å². The summed E-state index contributed by atoms with van der Waals surface area (Å²) in [5, 5.41) is 8.52. The summed E-state index contributed by atoms with van der Waals surface area (Å²) in [6.07, 6.45) is 3.20. The smallest absolute Gasteiger partial charge is 0.150 e. The van der Waals surface area contributed by atoms with Gasteiger partial charge in [0.1, 0.15) is 12.0 Å². The molecule has 3 rings (SSSR count). The zero-order valence-corrected chi connectivity index (χ0v) is 15.1. The van der Waals surface area contributed by atoms with Crippen molar-refractivity contribution in [3.05, 3.63) is 78.4 Å². The fourth-order valence-corrected chi connectivity index (χ4v) is 2.85. The minimum absolute atomic E-state index is 0.583. The lowest BCUT2D eigenvalue weighted by Crippen LogP contribution is -1.96. The maximum atomic E-state index is 10.8. The van der Waals surface area contributed by atoms with Crippen LogP contribution in [0.3, 0.4) is 0 Å². The van der Waals surface area contributed by atoms with E-state index >= 15 is 0 Å². The van der Waals surface area contributed by atoms with Crippen LogP contribution in [0.15, 0.2) is 72.8 Å². The predicted molar refractivity (Wildman–Crippen MR) is 108 cm³/mol. The number of nitrogens with zero attached hydrogens (tertiary/aromatic N) is 1. The molecule has 3 nitrogen and oxygen atoms in total. The first-order valence-electron chi connectivity index (χ1n) is 9.06. The third kappa shape index (κ3) is 5.05. The maximum Gasteiger partial charge on any atom is 0.150 e. The van der Waals surface area contributed by atoms with Crippen LogP contribution in [-0.2, 0) is 0 Å². The molecule has 0 unspecified atom stereocenters. The number of hydrogen-bond donors (Lipinski definition) is 0. The lowest BCUT2D eigenvalue weighted by Gasteiger charge is -2.08. The highest BCUT2D eigenvalue weighted by atomic mass is 16.5. The van der Waals surface area contributed by atoms with Crippen molar-refractivity contribution in [2.24, 2.45) is 0 Å². The number of carbonyl (C=O) groups is 1. The molecular formula is C24H21NO2. The van der Waals surface area contributed by atoms with Crippen molar-refractivity contribution >= 4 is 6.29 Å². The highest BCUT2D eigenvalue weighted by molar-refractivity contribution is 5.77. The van der Waals surface area contributed by atoms with E-state index in [0.717, 1.165) is 47.1 Å². The topological polar surface area (TPSA) is 50.1 Å². The number of benzene rings is 3. The van der Waals surface area contributed by atoms with Gasteiger partial charge in [-0.3, -0.25) is 4.79 Å². The van der Waals surface area contributed by atoms with Crippen LogP contribution in [0.2, 0.25) is 0 Å².